The summed E-state index contributed by atoms with van der Waals surface area (Å²) in [6.07, 6.45) is 11.8. The number of unbranched alkanes of at least 4 members (excludes halogenated alkanes) is 3. The van der Waals surface area contributed by atoms with E-state index in [9.17, 15) is 5.11 Å². The quantitative estimate of drug-likeness (QED) is 0.532. The molecule has 2 aliphatic heterocycles. The van der Waals surface area contributed by atoms with Crippen LogP contribution < -0.4 is 0 Å². The molecule has 2 nitrogen and oxygen atoms in total. The third-order valence-corrected chi connectivity index (χ3v) is 4.06. The second-order valence-electron chi connectivity index (χ2n) is 5.27. The van der Waals surface area contributed by atoms with E-state index in [-0.39, 0.29) is 6.10 Å². The molecule has 2 saturated heterocycles. The summed E-state index contributed by atoms with van der Waals surface area (Å²) in [4.78, 5) is 0. The fourth-order valence-corrected chi connectivity index (χ4v) is 3.12. The van der Waals surface area contributed by atoms with Gasteiger partial charge in [-0.3, -0.25) is 0 Å². The van der Waals surface area contributed by atoms with E-state index in [2.05, 4.69) is 6.58 Å². The van der Waals surface area contributed by atoms with Gasteiger partial charge in [0.05, 0.1) is 18.3 Å². The summed E-state index contributed by atoms with van der Waals surface area (Å²) < 4.78 is 5.78. The summed E-state index contributed by atoms with van der Waals surface area (Å²) in [6.45, 7) is 3.72. The van der Waals surface area contributed by atoms with Gasteiger partial charge in [-0.2, -0.15) is 0 Å². The van der Waals surface area contributed by atoms with Crippen molar-refractivity contribution < 1.29 is 9.84 Å². The van der Waals surface area contributed by atoms with Gasteiger partial charge in [0.2, 0.25) is 0 Å². The Labute approximate surface area is 98.7 Å². The minimum Gasteiger partial charge on any atom is -0.393 e. The standard InChI is InChI=1S/C14H24O2/c1-2-3-4-5-6-7-13(15)12-10-11-8-9-14(12)16-11/h2,11-15H,1,3-10H2. The van der Waals surface area contributed by atoms with Crippen LogP contribution in [0, 0.1) is 5.92 Å². The van der Waals surface area contributed by atoms with Crippen molar-refractivity contribution >= 4 is 0 Å². The summed E-state index contributed by atoms with van der Waals surface area (Å²) in [7, 11) is 0. The van der Waals surface area contributed by atoms with Crippen molar-refractivity contribution in [3.63, 3.8) is 0 Å². The van der Waals surface area contributed by atoms with Crippen LogP contribution in [0.4, 0.5) is 0 Å². The van der Waals surface area contributed by atoms with E-state index in [1.807, 2.05) is 6.08 Å². The van der Waals surface area contributed by atoms with Crippen LogP contribution in [-0.2, 0) is 4.74 Å². The average molecular weight is 224 g/mol. The van der Waals surface area contributed by atoms with Crippen LogP contribution in [0.25, 0.3) is 0 Å². The van der Waals surface area contributed by atoms with Crippen LogP contribution in [-0.4, -0.2) is 23.4 Å². The van der Waals surface area contributed by atoms with Crippen LogP contribution in [0.3, 0.4) is 0 Å². The first-order valence-electron chi connectivity index (χ1n) is 6.75. The zero-order chi connectivity index (χ0) is 11.4. The molecule has 2 rings (SSSR count). The lowest BCUT2D eigenvalue weighted by Gasteiger charge is -2.24. The third-order valence-electron chi connectivity index (χ3n) is 4.06. The van der Waals surface area contributed by atoms with Gasteiger partial charge in [0, 0.05) is 5.92 Å². The van der Waals surface area contributed by atoms with Crippen molar-refractivity contribution in [1.29, 1.82) is 0 Å². The molecular weight excluding hydrogens is 200 g/mol. The first-order valence-corrected chi connectivity index (χ1v) is 6.75. The van der Waals surface area contributed by atoms with Crippen molar-refractivity contribution in [3.8, 4) is 0 Å². The van der Waals surface area contributed by atoms with Crippen molar-refractivity contribution in [3.05, 3.63) is 12.7 Å². The molecule has 4 atom stereocenters. The first kappa shape index (κ1) is 12.1. The lowest BCUT2D eigenvalue weighted by molar-refractivity contribution is 0.0377. The zero-order valence-electron chi connectivity index (χ0n) is 10.1. The smallest absolute Gasteiger partial charge is 0.0633 e. The fourth-order valence-electron chi connectivity index (χ4n) is 3.12. The Balaban J connectivity index is 1.61. The van der Waals surface area contributed by atoms with Gasteiger partial charge in [0.1, 0.15) is 0 Å². The summed E-state index contributed by atoms with van der Waals surface area (Å²) in [6, 6.07) is 0. The van der Waals surface area contributed by atoms with Gasteiger partial charge in [-0.15, -0.1) is 6.58 Å². The first-order chi connectivity index (χ1) is 7.81. The number of allylic oxidation sites excluding steroid dienone is 1. The lowest BCUT2D eigenvalue weighted by Crippen LogP contribution is -2.29. The molecule has 0 aromatic carbocycles. The highest BCUT2D eigenvalue weighted by Crippen LogP contribution is 2.41. The van der Waals surface area contributed by atoms with Crippen LogP contribution in [0.1, 0.15) is 51.4 Å². The van der Waals surface area contributed by atoms with Gasteiger partial charge in [-0.1, -0.05) is 18.9 Å². The molecule has 2 aliphatic rings. The lowest BCUT2D eigenvalue weighted by atomic mass is 9.83. The average Bonchev–Trinajstić information content (AvgIpc) is 2.90. The van der Waals surface area contributed by atoms with Gasteiger partial charge in [0.15, 0.2) is 0 Å². The molecule has 92 valence electrons. The molecule has 0 radical (unpaired) electrons. The number of hydrogen-bond acceptors (Lipinski definition) is 2. The Morgan fingerprint density at radius 1 is 1.31 bits per heavy atom. The van der Waals surface area contributed by atoms with Gasteiger partial charge in [-0.05, 0) is 38.5 Å². The molecule has 4 unspecified atom stereocenters. The molecule has 0 saturated carbocycles. The van der Waals surface area contributed by atoms with Crippen LogP contribution >= 0.6 is 0 Å². The summed E-state index contributed by atoms with van der Waals surface area (Å²) in [5.74, 6) is 0.429. The van der Waals surface area contributed by atoms with Gasteiger partial charge in [0.25, 0.3) is 0 Å². The highest BCUT2D eigenvalue weighted by Gasteiger charge is 2.43. The Bertz CT molecular complexity index is 227. The largest absolute Gasteiger partial charge is 0.393 e. The van der Waals surface area contributed by atoms with Crippen molar-refractivity contribution in [2.24, 2.45) is 5.92 Å². The van der Waals surface area contributed by atoms with Crippen molar-refractivity contribution in [2.75, 3.05) is 0 Å². The molecule has 0 aliphatic carbocycles. The minimum atomic E-state index is -0.126. The van der Waals surface area contributed by atoms with E-state index in [4.69, 9.17) is 4.74 Å². The van der Waals surface area contributed by atoms with Crippen molar-refractivity contribution in [1.82, 2.24) is 0 Å². The maximum atomic E-state index is 10.1. The highest BCUT2D eigenvalue weighted by molar-refractivity contribution is 4.92. The minimum absolute atomic E-state index is 0.126. The molecule has 0 aromatic rings. The van der Waals surface area contributed by atoms with Gasteiger partial charge in [-0.25, -0.2) is 0 Å². The molecule has 2 heterocycles. The second-order valence-corrected chi connectivity index (χ2v) is 5.27. The molecule has 0 spiro atoms. The Kier molecular flexibility index (Phi) is 4.42. The van der Waals surface area contributed by atoms with Gasteiger partial charge >= 0.3 is 0 Å². The Morgan fingerprint density at radius 3 is 2.81 bits per heavy atom. The van der Waals surface area contributed by atoms with Crippen molar-refractivity contribution in [2.45, 2.75) is 69.7 Å². The molecule has 0 amide bonds. The molecule has 2 fully saturated rings. The number of rotatable bonds is 7. The molecule has 1 N–H and O–H groups in total. The second kappa shape index (κ2) is 5.83. The number of fused-ring (bicyclic) bond motifs is 2. The SMILES string of the molecule is C=CCCCCCC(O)C1CC2CCC1O2. The van der Waals surface area contributed by atoms with E-state index >= 15 is 0 Å². The van der Waals surface area contributed by atoms with Gasteiger partial charge < -0.3 is 9.84 Å². The van der Waals surface area contributed by atoms with E-state index in [0.29, 0.717) is 18.1 Å². The highest BCUT2D eigenvalue weighted by atomic mass is 16.5. The van der Waals surface area contributed by atoms with E-state index in [1.54, 1.807) is 0 Å². The van der Waals surface area contributed by atoms with Crippen LogP contribution in [0.15, 0.2) is 12.7 Å². The predicted molar refractivity (Wildman–Crippen MR) is 65.3 cm³/mol. The van der Waals surface area contributed by atoms with E-state index < -0.39 is 0 Å². The number of hydrogen-bond donors (Lipinski definition) is 1. The Hall–Kier alpha value is -0.340. The van der Waals surface area contributed by atoms with Crippen LogP contribution in [0.2, 0.25) is 0 Å². The topological polar surface area (TPSA) is 29.5 Å². The third kappa shape index (κ3) is 2.86. The zero-order valence-corrected chi connectivity index (χ0v) is 10.1. The molecule has 16 heavy (non-hydrogen) atoms. The summed E-state index contributed by atoms with van der Waals surface area (Å²) in [5, 5.41) is 10.1. The summed E-state index contributed by atoms with van der Waals surface area (Å²) in [5.41, 5.74) is 0. The fraction of sp³-hybridized carbons (Fsp3) is 0.857. The maximum Gasteiger partial charge on any atom is 0.0633 e. The molecule has 2 heteroatoms. The molecule has 2 bridgehead atoms. The summed E-state index contributed by atoms with van der Waals surface area (Å²) >= 11 is 0. The number of ether oxygens (including phenoxy) is 1. The monoisotopic (exact) mass is 224 g/mol. The van der Waals surface area contributed by atoms with Crippen LogP contribution in [0.5, 0.6) is 0 Å². The molecule has 0 aromatic heterocycles. The molecular formula is C14H24O2. The predicted octanol–water partition coefficient (Wildman–Crippen LogP) is 3.05. The van der Waals surface area contributed by atoms with E-state index in [0.717, 1.165) is 25.7 Å². The van der Waals surface area contributed by atoms with E-state index in [1.165, 1.54) is 25.7 Å². The maximum absolute atomic E-state index is 10.1. The normalized spacial score (nSPS) is 34.2. The number of aliphatic hydroxyl groups is 1. The number of aliphatic hydroxyl groups excluding tert-OH is 1. The Morgan fingerprint density at radius 2 is 2.19 bits per heavy atom.